The zero-order valence-electron chi connectivity index (χ0n) is 9.90. The van der Waals surface area contributed by atoms with E-state index in [9.17, 15) is 9.59 Å². The average Bonchev–Trinajstić information content (AvgIpc) is 2.78. The Hall–Kier alpha value is -1.75. The lowest BCUT2D eigenvalue weighted by Crippen LogP contribution is -2.23. The maximum atomic E-state index is 11.4. The molecule has 1 heterocycles. The van der Waals surface area contributed by atoms with Crippen molar-refractivity contribution in [2.45, 2.75) is 6.92 Å². The van der Waals surface area contributed by atoms with Gasteiger partial charge in [0.15, 0.2) is 0 Å². The number of amides is 2. The van der Waals surface area contributed by atoms with Crippen molar-refractivity contribution in [3.63, 3.8) is 0 Å². The lowest BCUT2D eigenvalue weighted by Gasteiger charge is -2.15. The minimum absolute atomic E-state index is 0.102. The molecule has 1 saturated heterocycles. The van der Waals surface area contributed by atoms with Crippen molar-refractivity contribution in [1.82, 2.24) is 0 Å². The number of cyclic esters (lactones) is 1. The van der Waals surface area contributed by atoms with E-state index in [0.717, 1.165) is 5.56 Å². The van der Waals surface area contributed by atoms with Crippen molar-refractivity contribution < 1.29 is 14.3 Å². The molecule has 1 N–H and O–H groups in total. The van der Waals surface area contributed by atoms with Crippen molar-refractivity contribution in [3.05, 3.63) is 23.8 Å². The Morgan fingerprint density at radius 3 is 2.94 bits per heavy atom. The van der Waals surface area contributed by atoms with Crippen LogP contribution in [0.4, 0.5) is 16.2 Å². The molecule has 1 fully saturated rings. The van der Waals surface area contributed by atoms with Crippen LogP contribution in [0.1, 0.15) is 5.56 Å². The van der Waals surface area contributed by atoms with Crippen molar-refractivity contribution in [2.75, 3.05) is 29.2 Å². The number of nitrogens with zero attached hydrogens (tertiary/aromatic N) is 1. The molecule has 0 radical (unpaired) electrons. The Kier molecular flexibility index (Phi) is 3.72. The molecule has 0 aliphatic carbocycles. The van der Waals surface area contributed by atoms with Gasteiger partial charge in [0.1, 0.15) is 12.5 Å². The zero-order valence-corrected chi connectivity index (χ0v) is 10.7. The number of aryl methyl sites for hydroxylation is 1. The molecule has 0 spiro atoms. The van der Waals surface area contributed by atoms with Gasteiger partial charge in [0.25, 0.3) is 0 Å². The molecule has 1 aromatic carbocycles. The van der Waals surface area contributed by atoms with E-state index in [1.165, 1.54) is 4.90 Å². The second-order valence-corrected chi connectivity index (χ2v) is 4.21. The summed E-state index contributed by atoms with van der Waals surface area (Å²) in [4.78, 5) is 24.3. The maximum absolute atomic E-state index is 11.4. The van der Waals surface area contributed by atoms with Gasteiger partial charge in [-0.15, -0.1) is 11.6 Å². The van der Waals surface area contributed by atoms with Gasteiger partial charge in [0.05, 0.1) is 6.54 Å². The van der Waals surface area contributed by atoms with Crippen molar-refractivity contribution >= 4 is 35.0 Å². The molecule has 2 rings (SSSR count). The van der Waals surface area contributed by atoms with Gasteiger partial charge < -0.3 is 10.1 Å². The summed E-state index contributed by atoms with van der Waals surface area (Å²) in [7, 11) is 0. The van der Waals surface area contributed by atoms with E-state index < -0.39 is 0 Å². The molecule has 0 saturated carbocycles. The Bertz CT molecular complexity index is 490. The Morgan fingerprint density at radius 1 is 1.56 bits per heavy atom. The standard InChI is InChI=1S/C12H13ClN2O3/c1-8-2-3-9(15-4-5-18-12(15)17)6-10(8)14-11(16)7-13/h2-3,6H,4-5,7H2,1H3,(H,14,16). The number of alkyl halides is 1. The van der Waals surface area contributed by atoms with Crippen LogP contribution in [0.25, 0.3) is 0 Å². The quantitative estimate of drug-likeness (QED) is 0.855. The Morgan fingerprint density at radius 2 is 2.33 bits per heavy atom. The molecule has 5 nitrogen and oxygen atoms in total. The predicted octanol–water partition coefficient (Wildman–Crippen LogP) is 2.13. The van der Waals surface area contributed by atoms with Gasteiger partial charge in [0.2, 0.25) is 5.91 Å². The number of nitrogens with one attached hydrogen (secondary N) is 1. The Balaban J connectivity index is 2.25. The van der Waals surface area contributed by atoms with Crippen molar-refractivity contribution in [3.8, 4) is 0 Å². The first-order valence-electron chi connectivity index (χ1n) is 5.52. The fourth-order valence-corrected chi connectivity index (χ4v) is 1.79. The summed E-state index contributed by atoms with van der Waals surface area (Å²) in [6.07, 6.45) is -0.367. The van der Waals surface area contributed by atoms with Crippen LogP contribution in [0.15, 0.2) is 18.2 Å². The van der Waals surface area contributed by atoms with Gasteiger partial charge in [-0.25, -0.2) is 4.79 Å². The average molecular weight is 269 g/mol. The summed E-state index contributed by atoms with van der Waals surface area (Å²) in [5.74, 6) is -0.379. The second-order valence-electron chi connectivity index (χ2n) is 3.95. The number of halogens is 1. The highest BCUT2D eigenvalue weighted by Gasteiger charge is 2.23. The van der Waals surface area contributed by atoms with E-state index in [0.29, 0.717) is 24.5 Å². The minimum atomic E-state index is -0.367. The number of rotatable bonds is 3. The van der Waals surface area contributed by atoms with Gasteiger partial charge in [-0.1, -0.05) is 6.07 Å². The molecule has 0 bridgehead atoms. The highest BCUT2D eigenvalue weighted by Crippen LogP contribution is 2.25. The summed E-state index contributed by atoms with van der Waals surface area (Å²) in [5, 5.41) is 2.69. The maximum Gasteiger partial charge on any atom is 0.414 e. The third kappa shape index (κ3) is 2.56. The Labute approximate surface area is 110 Å². The van der Waals surface area contributed by atoms with E-state index in [1.54, 1.807) is 6.07 Å². The van der Waals surface area contributed by atoms with Crippen molar-refractivity contribution in [1.29, 1.82) is 0 Å². The molecule has 1 aliphatic heterocycles. The third-order valence-corrected chi connectivity index (χ3v) is 2.93. The fourth-order valence-electron chi connectivity index (χ4n) is 1.72. The molecule has 1 aliphatic rings. The first-order chi connectivity index (χ1) is 8.61. The topological polar surface area (TPSA) is 58.6 Å². The number of benzene rings is 1. The summed E-state index contributed by atoms with van der Waals surface area (Å²) >= 11 is 5.45. The van der Waals surface area contributed by atoms with E-state index in [2.05, 4.69) is 5.32 Å². The lowest BCUT2D eigenvalue weighted by molar-refractivity contribution is -0.113. The molecule has 96 valence electrons. The summed E-state index contributed by atoms with van der Waals surface area (Å²) < 4.78 is 4.87. The normalized spacial score (nSPS) is 14.6. The van der Waals surface area contributed by atoms with Crippen LogP contribution in [0.2, 0.25) is 0 Å². The first kappa shape index (κ1) is 12.7. The van der Waals surface area contributed by atoms with Crippen LogP contribution in [0, 0.1) is 6.92 Å². The number of ether oxygens (including phenoxy) is 1. The van der Waals surface area contributed by atoms with Crippen LogP contribution in [-0.2, 0) is 9.53 Å². The van der Waals surface area contributed by atoms with Gasteiger partial charge >= 0.3 is 6.09 Å². The van der Waals surface area contributed by atoms with Gasteiger partial charge in [-0.3, -0.25) is 9.69 Å². The lowest BCUT2D eigenvalue weighted by atomic mass is 10.1. The fraction of sp³-hybridized carbons (Fsp3) is 0.333. The van der Waals surface area contributed by atoms with Gasteiger partial charge in [0, 0.05) is 11.4 Å². The summed E-state index contributed by atoms with van der Waals surface area (Å²) in [6, 6.07) is 5.40. The molecule has 6 heteroatoms. The zero-order chi connectivity index (χ0) is 13.1. The number of hydrogen-bond acceptors (Lipinski definition) is 3. The van der Waals surface area contributed by atoms with E-state index >= 15 is 0 Å². The van der Waals surface area contributed by atoms with Crippen LogP contribution >= 0.6 is 11.6 Å². The smallest absolute Gasteiger partial charge is 0.414 e. The molecule has 2 amide bonds. The summed E-state index contributed by atoms with van der Waals surface area (Å²) in [6.45, 7) is 2.77. The molecule has 0 aromatic heterocycles. The molecule has 0 unspecified atom stereocenters. The molecular weight excluding hydrogens is 256 g/mol. The largest absolute Gasteiger partial charge is 0.447 e. The van der Waals surface area contributed by atoms with Crippen LogP contribution < -0.4 is 10.2 Å². The van der Waals surface area contributed by atoms with Crippen LogP contribution in [0.5, 0.6) is 0 Å². The predicted molar refractivity (Wildman–Crippen MR) is 69.2 cm³/mol. The second kappa shape index (κ2) is 5.27. The van der Waals surface area contributed by atoms with Gasteiger partial charge in [-0.2, -0.15) is 0 Å². The van der Waals surface area contributed by atoms with Crippen LogP contribution in [-0.4, -0.2) is 31.0 Å². The number of carbonyl (C=O) groups is 2. The summed E-state index contributed by atoms with van der Waals surface area (Å²) in [5.41, 5.74) is 2.26. The molecular formula is C12H13ClN2O3. The number of hydrogen-bond donors (Lipinski definition) is 1. The number of anilines is 2. The third-order valence-electron chi connectivity index (χ3n) is 2.69. The van der Waals surface area contributed by atoms with E-state index in [4.69, 9.17) is 16.3 Å². The number of carbonyl (C=O) groups excluding carboxylic acids is 2. The SMILES string of the molecule is Cc1ccc(N2CCOC2=O)cc1NC(=O)CCl. The highest BCUT2D eigenvalue weighted by atomic mass is 35.5. The van der Waals surface area contributed by atoms with E-state index in [-0.39, 0.29) is 17.9 Å². The van der Waals surface area contributed by atoms with Crippen molar-refractivity contribution in [2.24, 2.45) is 0 Å². The highest BCUT2D eigenvalue weighted by molar-refractivity contribution is 6.29. The minimum Gasteiger partial charge on any atom is -0.447 e. The van der Waals surface area contributed by atoms with Crippen LogP contribution in [0.3, 0.4) is 0 Å². The molecule has 18 heavy (non-hydrogen) atoms. The monoisotopic (exact) mass is 268 g/mol. The van der Waals surface area contributed by atoms with E-state index in [1.807, 2.05) is 19.1 Å². The first-order valence-corrected chi connectivity index (χ1v) is 6.06. The molecule has 1 aromatic rings. The molecule has 0 atom stereocenters. The van der Waals surface area contributed by atoms with Gasteiger partial charge in [-0.05, 0) is 24.6 Å².